The van der Waals surface area contributed by atoms with E-state index in [0.29, 0.717) is 16.3 Å². The molecule has 1 aromatic rings. The van der Waals surface area contributed by atoms with E-state index in [-0.39, 0.29) is 17.0 Å². The lowest BCUT2D eigenvalue weighted by Crippen LogP contribution is -2.27. The second-order valence-corrected chi connectivity index (χ2v) is 6.24. The molecule has 0 radical (unpaired) electrons. The van der Waals surface area contributed by atoms with Crippen molar-refractivity contribution >= 4 is 40.8 Å². The monoisotopic (exact) mass is 313 g/mol. The zero-order valence-corrected chi connectivity index (χ0v) is 12.4. The lowest BCUT2D eigenvalue weighted by Gasteiger charge is -2.20. The fourth-order valence-electron chi connectivity index (χ4n) is 2.00. The molecule has 4 N–H and O–H groups in total. The van der Waals surface area contributed by atoms with Crippen LogP contribution in [0.15, 0.2) is 23.4 Å². The third-order valence-electron chi connectivity index (χ3n) is 3.10. The van der Waals surface area contributed by atoms with E-state index in [1.165, 1.54) is 0 Å². The Kier molecular flexibility index (Phi) is 5.14. The fourth-order valence-corrected chi connectivity index (χ4v) is 3.36. The topological polar surface area (TPSA) is 87.7 Å². The Balaban J connectivity index is 2.13. The summed E-state index contributed by atoms with van der Waals surface area (Å²) in [6.07, 6.45) is 3.12. The molecule has 1 heterocycles. The van der Waals surface area contributed by atoms with Gasteiger partial charge in [0.15, 0.2) is 5.84 Å². The Bertz CT molecular complexity index is 530. The smallest absolute Gasteiger partial charge is 0.237 e. The van der Waals surface area contributed by atoms with Gasteiger partial charge in [-0.3, -0.25) is 4.79 Å². The molecule has 1 aromatic carbocycles. The molecule has 1 saturated heterocycles. The van der Waals surface area contributed by atoms with Crippen molar-refractivity contribution in [2.75, 3.05) is 11.1 Å². The summed E-state index contributed by atoms with van der Waals surface area (Å²) in [5, 5.41) is 14.8. The number of anilines is 1. The summed E-state index contributed by atoms with van der Waals surface area (Å²) in [5.41, 5.74) is 6.51. The molecule has 1 unspecified atom stereocenters. The summed E-state index contributed by atoms with van der Waals surface area (Å²) in [6.45, 7) is 0. The quantitative estimate of drug-likeness (QED) is 0.346. The minimum atomic E-state index is -0.0479. The fraction of sp³-hybridized carbons (Fsp3) is 0.385. The molecule has 108 valence electrons. The first-order valence-corrected chi connectivity index (χ1v) is 7.74. The number of nitrogens with zero attached hydrogens (tertiary/aromatic N) is 1. The number of benzene rings is 1. The first kappa shape index (κ1) is 15.0. The Morgan fingerprint density at radius 1 is 1.50 bits per heavy atom. The van der Waals surface area contributed by atoms with Crippen LogP contribution in [0.2, 0.25) is 5.02 Å². The number of amidine groups is 1. The number of rotatable bonds is 3. The maximum Gasteiger partial charge on any atom is 0.237 e. The van der Waals surface area contributed by atoms with Crippen molar-refractivity contribution in [3.05, 3.63) is 28.8 Å². The predicted octanol–water partition coefficient (Wildman–Crippen LogP) is 2.66. The second kappa shape index (κ2) is 6.85. The van der Waals surface area contributed by atoms with E-state index >= 15 is 0 Å². The number of oxime groups is 1. The maximum absolute atomic E-state index is 12.2. The highest BCUT2D eigenvalue weighted by Gasteiger charge is 2.22. The van der Waals surface area contributed by atoms with Crippen LogP contribution in [0.3, 0.4) is 0 Å². The average Bonchev–Trinajstić information content (AvgIpc) is 2.49. The van der Waals surface area contributed by atoms with Crippen molar-refractivity contribution in [1.29, 1.82) is 0 Å². The van der Waals surface area contributed by atoms with Crippen molar-refractivity contribution < 1.29 is 10.0 Å². The number of halogens is 1. The number of amides is 1. The molecule has 1 aliphatic rings. The van der Waals surface area contributed by atoms with Gasteiger partial charge in [0, 0.05) is 5.56 Å². The van der Waals surface area contributed by atoms with Crippen LogP contribution >= 0.6 is 23.4 Å². The first-order valence-electron chi connectivity index (χ1n) is 6.31. The van der Waals surface area contributed by atoms with Crippen molar-refractivity contribution in [3.8, 4) is 0 Å². The molecule has 0 saturated carbocycles. The third kappa shape index (κ3) is 3.58. The molecule has 20 heavy (non-hydrogen) atoms. The summed E-state index contributed by atoms with van der Waals surface area (Å²) < 4.78 is 0. The van der Waals surface area contributed by atoms with E-state index in [2.05, 4.69) is 10.5 Å². The third-order valence-corrected chi connectivity index (χ3v) is 4.81. The summed E-state index contributed by atoms with van der Waals surface area (Å²) in [7, 11) is 0. The Morgan fingerprint density at radius 3 is 2.95 bits per heavy atom. The molecule has 1 atom stereocenters. The van der Waals surface area contributed by atoms with Gasteiger partial charge in [0.2, 0.25) is 5.91 Å². The molecule has 0 aromatic heterocycles. The minimum Gasteiger partial charge on any atom is -0.409 e. The number of carbonyl (C=O) groups excluding carboxylic acids is 1. The van der Waals surface area contributed by atoms with Crippen molar-refractivity contribution in [2.45, 2.75) is 24.5 Å². The molecule has 1 aliphatic heterocycles. The molecule has 1 amide bonds. The standard InChI is InChI=1S/C13H16ClN3O2S/c14-9-5-4-8(12(15)17-19)7-10(9)16-13(18)11-3-1-2-6-20-11/h4-5,7,11,19H,1-3,6H2,(H2,15,17)(H,16,18). The molecular weight excluding hydrogens is 298 g/mol. The summed E-state index contributed by atoms with van der Waals surface area (Å²) in [6, 6.07) is 4.84. The molecule has 0 aliphatic carbocycles. The van der Waals surface area contributed by atoms with Gasteiger partial charge < -0.3 is 16.3 Å². The van der Waals surface area contributed by atoms with Crippen LogP contribution in [0, 0.1) is 0 Å². The molecule has 5 nitrogen and oxygen atoms in total. The summed E-state index contributed by atoms with van der Waals surface area (Å²) in [5.74, 6) is 0.938. The highest BCUT2D eigenvalue weighted by atomic mass is 35.5. The van der Waals surface area contributed by atoms with Crippen LogP contribution < -0.4 is 11.1 Å². The van der Waals surface area contributed by atoms with Gasteiger partial charge >= 0.3 is 0 Å². The van der Waals surface area contributed by atoms with Crippen LogP contribution in [0.5, 0.6) is 0 Å². The van der Waals surface area contributed by atoms with Gasteiger partial charge in [0.25, 0.3) is 0 Å². The van der Waals surface area contributed by atoms with Gasteiger partial charge in [0.05, 0.1) is 16.0 Å². The van der Waals surface area contributed by atoms with Crippen molar-refractivity contribution in [1.82, 2.24) is 0 Å². The average molecular weight is 314 g/mol. The number of thioether (sulfide) groups is 1. The lowest BCUT2D eigenvalue weighted by molar-refractivity contribution is -0.115. The second-order valence-electron chi connectivity index (χ2n) is 4.52. The zero-order chi connectivity index (χ0) is 14.5. The van der Waals surface area contributed by atoms with Gasteiger partial charge in [-0.05, 0) is 36.8 Å². The largest absolute Gasteiger partial charge is 0.409 e. The van der Waals surface area contributed by atoms with Crippen LogP contribution in [0.1, 0.15) is 24.8 Å². The van der Waals surface area contributed by atoms with Gasteiger partial charge in [-0.1, -0.05) is 23.2 Å². The van der Waals surface area contributed by atoms with Gasteiger partial charge in [0.1, 0.15) is 0 Å². The maximum atomic E-state index is 12.2. The van der Waals surface area contributed by atoms with E-state index in [4.69, 9.17) is 22.5 Å². The van der Waals surface area contributed by atoms with E-state index in [0.717, 1.165) is 25.0 Å². The summed E-state index contributed by atoms with van der Waals surface area (Å²) in [4.78, 5) is 12.2. The number of hydrogen-bond donors (Lipinski definition) is 3. The number of hydrogen-bond acceptors (Lipinski definition) is 4. The van der Waals surface area contributed by atoms with Crippen molar-refractivity contribution in [3.63, 3.8) is 0 Å². The predicted molar refractivity (Wildman–Crippen MR) is 82.7 cm³/mol. The van der Waals surface area contributed by atoms with Gasteiger partial charge in [-0.15, -0.1) is 11.8 Å². The SMILES string of the molecule is N/C(=N/O)c1ccc(Cl)c(NC(=O)C2CCCCS2)c1. The van der Waals surface area contributed by atoms with Gasteiger partial charge in [-0.25, -0.2) is 0 Å². The molecule has 7 heteroatoms. The van der Waals surface area contributed by atoms with E-state index < -0.39 is 0 Å². The molecule has 0 bridgehead atoms. The zero-order valence-electron chi connectivity index (χ0n) is 10.8. The Morgan fingerprint density at radius 2 is 2.30 bits per heavy atom. The normalized spacial score (nSPS) is 19.6. The molecule has 2 rings (SSSR count). The Labute approximate surface area is 126 Å². The van der Waals surface area contributed by atoms with E-state index in [1.54, 1.807) is 30.0 Å². The summed E-state index contributed by atoms with van der Waals surface area (Å²) >= 11 is 7.73. The lowest BCUT2D eigenvalue weighted by atomic mass is 10.1. The highest BCUT2D eigenvalue weighted by Crippen LogP contribution is 2.28. The highest BCUT2D eigenvalue weighted by molar-refractivity contribution is 8.00. The van der Waals surface area contributed by atoms with E-state index in [9.17, 15) is 4.79 Å². The number of nitrogens with one attached hydrogen (secondary N) is 1. The van der Waals surface area contributed by atoms with Crippen molar-refractivity contribution in [2.24, 2.45) is 10.9 Å². The van der Waals surface area contributed by atoms with E-state index in [1.807, 2.05) is 0 Å². The number of nitrogens with two attached hydrogens (primary N) is 1. The molecule has 0 spiro atoms. The van der Waals surface area contributed by atoms with Crippen LogP contribution in [-0.4, -0.2) is 28.0 Å². The Hall–Kier alpha value is -1.40. The van der Waals surface area contributed by atoms with Crippen LogP contribution in [0.25, 0.3) is 0 Å². The van der Waals surface area contributed by atoms with Crippen LogP contribution in [-0.2, 0) is 4.79 Å². The minimum absolute atomic E-state index is 0.0239. The van der Waals surface area contributed by atoms with Gasteiger partial charge in [-0.2, -0.15) is 0 Å². The van der Waals surface area contributed by atoms with Crippen LogP contribution in [0.4, 0.5) is 5.69 Å². The molecular formula is C13H16ClN3O2S. The number of carbonyl (C=O) groups is 1. The first-order chi connectivity index (χ1) is 9.61. The molecule has 1 fully saturated rings.